The molecule has 1 aliphatic rings. The Balaban J connectivity index is 1.62. The summed E-state index contributed by atoms with van der Waals surface area (Å²) in [5, 5.41) is 3.15. The summed E-state index contributed by atoms with van der Waals surface area (Å²) in [5.74, 6) is 1.31. The van der Waals surface area contributed by atoms with Crippen LogP contribution in [-0.4, -0.2) is 59.5 Å². The van der Waals surface area contributed by atoms with E-state index in [-0.39, 0.29) is 11.9 Å². The van der Waals surface area contributed by atoms with Gasteiger partial charge in [-0.2, -0.15) is 4.98 Å². The van der Waals surface area contributed by atoms with Crippen LogP contribution in [0.4, 0.5) is 22.2 Å². The summed E-state index contributed by atoms with van der Waals surface area (Å²) >= 11 is 0. The number of nitrogens with zero attached hydrogens (tertiary/aromatic N) is 4. The molecule has 8 nitrogen and oxygen atoms in total. The molecule has 8 heteroatoms. The smallest absolute Gasteiger partial charge is 0.409 e. The molecule has 0 unspecified atom stereocenters. The van der Waals surface area contributed by atoms with Crippen molar-refractivity contribution in [1.29, 1.82) is 0 Å². The largest absolute Gasteiger partial charge is 0.450 e. The molecule has 1 aromatic heterocycles. The highest BCUT2D eigenvalue weighted by Crippen LogP contribution is 2.18. The third-order valence-corrected chi connectivity index (χ3v) is 4.32. The van der Waals surface area contributed by atoms with Gasteiger partial charge in [-0.3, -0.25) is 4.79 Å². The second-order valence-electron chi connectivity index (χ2n) is 6.17. The first-order valence-electron chi connectivity index (χ1n) is 8.94. The Bertz CT molecular complexity index is 801. The molecule has 1 aliphatic heterocycles. The molecule has 1 saturated heterocycles. The maximum atomic E-state index is 11.8. The summed E-state index contributed by atoms with van der Waals surface area (Å²) < 4.78 is 5.04. The molecule has 0 bridgehead atoms. The van der Waals surface area contributed by atoms with E-state index in [1.165, 1.54) is 6.92 Å². The van der Waals surface area contributed by atoms with E-state index in [9.17, 15) is 9.59 Å². The van der Waals surface area contributed by atoms with Crippen LogP contribution in [0.25, 0.3) is 0 Å². The number of ketones is 1. The van der Waals surface area contributed by atoms with E-state index in [0.717, 1.165) is 11.5 Å². The number of carbonyl (C=O) groups excluding carboxylic acids is 2. The van der Waals surface area contributed by atoms with Gasteiger partial charge in [0.2, 0.25) is 5.95 Å². The maximum absolute atomic E-state index is 11.8. The Morgan fingerprint density at radius 2 is 1.81 bits per heavy atom. The van der Waals surface area contributed by atoms with Crippen LogP contribution in [0.5, 0.6) is 0 Å². The minimum Gasteiger partial charge on any atom is -0.450 e. The number of amides is 1. The lowest BCUT2D eigenvalue weighted by Crippen LogP contribution is -2.49. The summed E-state index contributed by atoms with van der Waals surface area (Å²) in [5.41, 5.74) is 1.47. The van der Waals surface area contributed by atoms with E-state index in [4.69, 9.17) is 4.74 Å². The van der Waals surface area contributed by atoms with Crippen LogP contribution in [0.2, 0.25) is 0 Å². The van der Waals surface area contributed by atoms with Crippen molar-refractivity contribution in [2.45, 2.75) is 13.8 Å². The van der Waals surface area contributed by atoms with E-state index in [2.05, 4.69) is 20.2 Å². The molecule has 142 valence electrons. The molecule has 3 rings (SSSR count). The fourth-order valence-electron chi connectivity index (χ4n) is 2.84. The van der Waals surface area contributed by atoms with Crippen molar-refractivity contribution in [3.05, 3.63) is 42.1 Å². The summed E-state index contributed by atoms with van der Waals surface area (Å²) in [7, 11) is 0. The van der Waals surface area contributed by atoms with Gasteiger partial charge in [-0.05, 0) is 44.2 Å². The molecule has 2 heterocycles. The average Bonchev–Trinajstić information content (AvgIpc) is 2.69. The van der Waals surface area contributed by atoms with Crippen LogP contribution >= 0.6 is 0 Å². The molecule has 0 spiro atoms. The van der Waals surface area contributed by atoms with E-state index >= 15 is 0 Å². The monoisotopic (exact) mass is 369 g/mol. The number of ether oxygens (including phenoxy) is 1. The summed E-state index contributed by atoms with van der Waals surface area (Å²) in [4.78, 5) is 35.8. The Hall–Kier alpha value is -3.16. The number of nitrogens with one attached hydrogen (secondary N) is 1. The number of hydrogen-bond donors (Lipinski definition) is 1. The summed E-state index contributed by atoms with van der Waals surface area (Å²) in [6.45, 7) is 6.28. The summed E-state index contributed by atoms with van der Waals surface area (Å²) in [6, 6.07) is 9.03. The minimum absolute atomic E-state index is 0.0294. The second kappa shape index (κ2) is 8.48. The van der Waals surface area contributed by atoms with E-state index in [1.54, 1.807) is 30.2 Å². The lowest BCUT2D eigenvalue weighted by molar-refractivity contribution is 0.101. The van der Waals surface area contributed by atoms with Crippen LogP contribution in [-0.2, 0) is 4.74 Å². The van der Waals surface area contributed by atoms with Crippen molar-refractivity contribution in [2.24, 2.45) is 0 Å². The first-order valence-corrected chi connectivity index (χ1v) is 8.94. The predicted molar refractivity (Wildman–Crippen MR) is 103 cm³/mol. The Labute approximate surface area is 158 Å². The van der Waals surface area contributed by atoms with Gasteiger partial charge in [0, 0.05) is 43.6 Å². The number of rotatable bonds is 5. The third kappa shape index (κ3) is 4.72. The van der Waals surface area contributed by atoms with E-state index in [1.807, 2.05) is 18.2 Å². The quantitative estimate of drug-likeness (QED) is 0.811. The first kappa shape index (κ1) is 18.6. The van der Waals surface area contributed by atoms with Gasteiger partial charge in [0.15, 0.2) is 5.78 Å². The molecule has 1 amide bonds. The molecule has 0 saturated carbocycles. The van der Waals surface area contributed by atoms with Crippen LogP contribution in [0.15, 0.2) is 36.5 Å². The Morgan fingerprint density at radius 3 is 2.44 bits per heavy atom. The molecule has 0 atom stereocenters. The standard InChI is InChI=1S/C19H23N5O3/c1-3-27-19(26)24-12-10-23(11-13-24)17-8-9-20-18(22-17)21-16-6-4-15(5-7-16)14(2)25/h4-9H,3,10-13H2,1-2H3,(H,20,21,22). The van der Waals surface area contributed by atoms with Crippen LogP contribution in [0.1, 0.15) is 24.2 Å². The molecule has 0 radical (unpaired) electrons. The van der Waals surface area contributed by atoms with Crippen molar-refractivity contribution < 1.29 is 14.3 Å². The number of anilines is 3. The molecule has 1 N–H and O–H groups in total. The normalized spacial score (nSPS) is 14.0. The van der Waals surface area contributed by atoms with Crippen molar-refractivity contribution in [3.63, 3.8) is 0 Å². The number of hydrogen-bond acceptors (Lipinski definition) is 7. The fraction of sp³-hybridized carbons (Fsp3) is 0.368. The lowest BCUT2D eigenvalue weighted by Gasteiger charge is -2.34. The van der Waals surface area contributed by atoms with Gasteiger partial charge in [-0.1, -0.05) is 0 Å². The molecule has 0 aliphatic carbocycles. The van der Waals surface area contributed by atoms with Gasteiger partial charge >= 0.3 is 6.09 Å². The van der Waals surface area contributed by atoms with Gasteiger partial charge in [0.05, 0.1) is 6.61 Å². The molecule has 1 fully saturated rings. The highest BCUT2D eigenvalue weighted by Gasteiger charge is 2.22. The number of carbonyl (C=O) groups is 2. The number of Topliss-reactive ketones (excluding diaryl/α,β-unsaturated/α-hetero) is 1. The SMILES string of the molecule is CCOC(=O)N1CCN(c2ccnc(Nc3ccc(C(C)=O)cc3)n2)CC1. The zero-order chi connectivity index (χ0) is 19.2. The lowest BCUT2D eigenvalue weighted by atomic mass is 10.1. The predicted octanol–water partition coefficient (Wildman–Crippen LogP) is 2.70. The van der Waals surface area contributed by atoms with Gasteiger partial charge in [0.25, 0.3) is 0 Å². The van der Waals surface area contributed by atoms with Crippen molar-refractivity contribution in [2.75, 3.05) is 43.0 Å². The Kier molecular flexibility index (Phi) is 5.85. The third-order valence-electron chi connectivity index (χ3n) is 4.32. The molecule has 27 heavy (non-hydrogen) atoms. The number of aromatic nitrogens is 2. The van der Waals surface area contributed by atoms with Crippen molar-refractivity contribution in [1.82, 2.24) is 14.9 Å². The molecular formula is C19H23N5O3. The minimum atomic E-state index is -0.267. The number of piperazine rings is 1. The molecule has 2 aromatic rings. The van der Waals surface area contributed by atoms with Crippen molar-refractivity contribution >= 4 is 29.3 Å². The summed E-state index contributed by atoms with van der Waals surface area (Å²) in [6.07, 6.45) is 1.43. The highest BCUT2D eigenvalue weighted by atomic mass is 16.6. The average molecular weight is 369 g/mol. The van der Waals surface area contributed by atoms with Crippen molar-refractivity contribution in [3.8, 4) is 0 Å². The van der Waals surface area contributed by atoms with Gasteiger partial charge in [0.1, 0.15) is 5.82 Å². The molecular weight excluding hydrogens is 346 g/mol. The van der Waals surface area contributed by atoms with Crippen LogP contribution in [0.3, 0.4) is 0 Å². The Morgan fingerprint density at radius 1 is 1.11 bits per heavy atom. The number of benzene rings is 1. The van der Waals surface area contributed by atoms with Crippen LogP contribution < -0.4 is 10.2 Å². The van der Waals surface area contributed by atoms with Crippen LogP contribution in [0, 0.1) is 0 Å². The zero-order valence-corrected chi connectivity index (χ0v) is 15.5. The van der Waals surface area contributed by atoms with E-state index in [0.29, 0.717) is 44.3 Å². The van der Waals surface area contributed by atoms with Gasteiger partial charge < -0.3 is 19.9 Å². The zero-order valence-electron chi connectivity index (χ0n) is 15.5. The second-order valence-corrected chi connectivity index (χ2v) is 6.17. The highest BCUT2D eigenvalue weighted by molar-refractivity contribution is 5.94. The van der Waals surface area contributed by atoms with Gasteiger partial charge in [-0.15, -0.1) is 0 Å². The fourth-order valence-corrected chi connectivity index (χ4v) is 2.84. The first-order chi connectivity index (χ1) is 13.1. The van der Waals surface area contributed by atoms with Gasteiger partial charge in [-0.25, -0.2) is 9.78 Å². The molecule has 1 aromatic carbocycles. The maximum Gasteiger partial charge on any atom is 0.409 e. The topological polar surface area (TPSA) is 87.7 Å². The van der Waals surface area contributed by atoms with E-state index < -0.39 is 0 Å².